The molecule has 0 saturated carbocycles. The first kappa shape index (κ1) is 18.6. The molecule has 0 spiro atoms. The summed E-state index contributed by atoms with van der Waals surface area (Å²) in [5.74, 6) is 2.91. The second-order valence-corrected chi connectivity index (χ2v) is 7.39. The average molecular weight is 395 g/mol. The predicted molar refractivity (Wildman–Crippen MR) is 112 cm³/mol. The lowest BCUT2D eigenvalue weighted by atomic mass is 10.1. The van der Waals surface area contributed by atoms with Gasteiger partial charge in [-0.05, 0) is 24.1 Å². The second kappa shape index (κ2) is 7.67. The lowest BCUT2D eigenvalue weighted by molar-refractivity contribution is 0.355. The van der Waals surface area contributed by atoms with Crippen molar-refractivity contribution in [2.45, 2.75) is 31.2 Å². The van der Waals surface area contributed by atoms with Gasteiger partial charge in [-0.1, -0.05) is 43.0 Å². The van der Waals surface area contributed by atoms with Gasteiger partial charge in [0.15, 0.2) is 28.1 Å². The van der Waals surface area contributed by atoms with Crippen LogP contribution in [-0.2, 0) is 12.2 Å². The van der Waals surface area contributed by atoms with Gasteiger partial charge in [-0.25, -0.2) is 9.97 Å². The molecule has 2 aromatic carbocycles. The monoisotopic (exact) mass is 394 g/mol. The molecule has 144 valence electrons. The molecule has 0 aliphatic carbocycles. The highest BCUT2D eigenvalue weighted by Gasteiger charge is 2.17. The van der Waals surface area contributed by atoms with E-state index in [9.17, 15) is 0 Å². The molecular formula is C21H22N4O2S. The summed E-state index contributed by atoms with van der Waals surface area (Å²) in [6.07, 6.45) is 0.762. The second-order valence-electron chi connectivity index (χ2n) is 6.45. The smallest absolute Gasteiger partial charge is 0.191 e. The third-order valence-electron chi connectivity index (χ3n) is 4.73. The molecule has 28 heavy (non-hydrogen) atoms. The normalized spacial score (nSPS) is 11.3. The number of fused-ring (bicyclic) bond motifs is 3. The molecule has 0 aliphatic rings. The van der Waals surface area contributed by atoms with Crippen molar-refractivity contribution in [1.82, 2.24) is 19.6 Å². The Hall–Kier alpha value is -2.80. The molecule has 0 amide bonds. The first-order valence-electron chi connectivity index (χ1n) is 9.13. The number of benzene rings is 2. The number of ether oxygens (including phenoxy) is 2. The molecule has 6 nitrogen and oxygen atoms in total. The Morgan fingerprint density at radius 3 is 2.50 bits per heavy atom. The summed E-state index contributed by atoms with van der Waals surface area (Å²) in [6, 6.07) is 12.2. The zero-order valence-electron chi connectivity index (χ0n) is 16.4. The number of nitrogens with zero attached hydrogens (tertiary/aromatic N) is 4. The largest absolute Gasteiger partial charge is 0.493 e. The number of hydrogen-bond acceptors (Lipinski definition) is 6. The van der Waals surface area contributed by atoms with Crippen LogP contribution in [0.1, 0.15) is 23.9 Å². The van der Waals surface area contributed by atoms with Crippen molar-refractivity contribution in [2.24, 2.45) is 0 Å². The molecule has 2 heterocycles. The van der Waals surface area contributed by atoms with Gasteiger partial charge in [-0.2, -0.15) is 4.52 Å². The predicted octanol–water partition coefficient (Wildman–Crippen LogP) is 4.46. The van der Waals surface area contributed by atoms with Crippen molar-refractivity contribution >= 4 is 28.3 Å². The lowest BCUT2D eigenvalue weighted by Crippen LogP contribution is -2.00. The molecule has 0 atom stereocenters. The fraction of sp³-hybridized carbons (Fsp3) is 0.286. The van der Waals surface area contributed by atoms with Crippen LogP contribution in [0, 0.1) is 6.92 Å². The fourth-order valence-electron chi connectivity index (χ4n) is 3.11. The van der Waals surface area contributed by atoms with Gasteiger partial charge in [0.1, 0.15) is 0 Å². The van der Waals surface area contributed by atoms with Crippen molar-refractivity contribution in [3.63, 3.8) is 0 Å². The molecule has 0 saturated heterocycles. The van der Waals surface area contributed by atoms with E-state index in [-0.39, 0.29) is 0 Å². The van der Waals surface area contributed by atoms with Gasteiger partial charge in [0.05, 0.1) is 19.7 Å². The van der Waals surface area contributed by atoms with E-state index in [1.165, 1.54) is 11.1 Å². The summed E-state index contributed by atoms with van der Waals surface area (Å²) in [4.78, 5) is 9.59. The van der Waals surface area contributed by atoms with E-state index in [0.717, 1.165) is 39.7 Å². The van der Waals surface area contributed by atoms with Crippen LogP contribution < -0.4 is 9.47 Å². The van der Waals surface area contributed by atoms with E-state index < -0.39 is 0 Å². The molecule has 0 unspecified atom stereocenters. The minimum absolute atomic E-state index is 0.650. The highest BCUT2D eigenvalue weighted by atomic mass is 32.2. The average Bonchev–Trinajstić information content (AvgIpc) is 3.17. The third-order valence-corrected chi connectivity index (χ3v) is 5.70. The van der Waals surface area contributed by atoms with E-state index in [2.05, 4.69) is 36.3 Å². The Morgan fingerprint density at radius 1 is 1.04 bits per heavy atom. The minimum atomic E-state index is 0.650. The molecule has 2 aromatic heterocycles. The van der Waals surface area contributed by atoms with Crippen molar-refractivity contribution in [2.75, 3.05) is 14.2 Å². The van der Waals surface area contributed by atoms with E-state index in [1.54, 1.807) is 26.0 Å². The molecule has 0 aliphatic heterocycles. The maximum absolute atomic E-state index is 5.46. The Labute approximate surface area is 167 Å². The van der Waals surface area contributed by atoms with Crippen LogP contribution in [0.4, 0.5) is 0 Å². The molecule has 4 rings (SSSR count). The van der Waals surface area contributed by atoms with Crippen LogP contribution >= 0.6 is 11.8 Å². The minimum Gasteiger partial charge on any atom is -0.493 e. The van der Waals surface area contributed by atoms with Gasteiger partial charge < -0.3 is 9.47 Å². The number of thioether (sulfide) groups is 1. The number of methoxy groups -OCH3 is 2. The fourth-order valence-corrected chi connectivity index (χ4v) is 4.13. The van der Waals surface area contributed by atoms with Gasteiger partial charge in [-0.3, -0.25) is 0 Å². The third kappa shape index (κ3) is 3.26. The van der Waals surface area contributed by atoms with Gasteiger partial charge in [-0.15, -0.1) is 5.10 Å². The maximum atomic E-state index is 5.46. The maximum Gasteiger partial charge on any atom is 0.191 e. The summed E-state index contributed by atoms with van der Waals surface area (Å²) < 4.78 is 12.8. The Kier molecular flexibility index (Phi) is 5.09. The number of aryl methyl sites for hydroxylation is 2. The van der Waals surface area contributed by atoms with Crippen LogP contribution in [0.5, 0.6) is 11.5 Å². The van der Waals surface area contributed by atoms with Gasteiger partial charge in [0.25, 0.3) is 0 Å². The first-order chi connectivity index (χ1) is 13.6. The lowest BCUT2D eigenvalue weighted by Gasteiger charge is -2.11. The van der Waals surface area contributed by atoms with Crippen LogP contribution in [0.3, 0.4) is 0 Å². The highest BCUT2D eigenvalue weighted by molar-refractivity contribution is 7.98. The van der Waals surface area contributed by atoms with Gasteiger partial charge >= 0.3 is 0 Å². The molecule has 7 heteroatoms. The number of aromatic nitrogens is 4. The Bertz CT molecular complexity index is 1160. The molecule has 0 radical (unpaired) electrons. The Balaban J connectivity index is 1.86. The van der Waals surface area contributed by atoms with Crippen molar-refractivity contribution in [3.05, 3.63) is 53.3 Å². The summed E-state index contributed by atoms with van der Waals surface area (Å²) in [6.45, 7) is 4.18. The van der Waals surface area contributed by atoms with E-state index >= 15 is 0 Å². The van der Waals surface area contributed by atoms with Crippen molar-refractivity contribution < 1.29 is 9.47 Å². The zero-order chi connectivity index (χ0) is 19.7. The molecule has 0 bridgehead atoms. The standard InChI is InChI=1S/C21H22N4O2S/c1-5-19-23-20-15-10-17(26-3)18(27-4)11-16(15)22-21(25(20)24-19)28-12-14-9-7-6-8-13(14)2/h6-11H,5,12H2,1-4H3. The molecule has 0 N–H and O–H groups in total. The quantitative estimate of drug-likeness (QED) is 0.355. The van der Waals surface area contributed by atoms with E-state index in [0.29, 0.717) is 11.5 Å². The summed E-state index contributed by atoms with van der Waals surface area (Å²) in [5, 5.41) is 6.37. The van der Waals surface area contributed by atoms with Crippen LogP contribution in [0.15, 0.2) is 41.6 Å². The number of rotatable bonds is 6. The van der Waals surface area contributed by atoms with Crippen LogP contribution in [0.25, 0.3) is 16.6 Å². The van der Waals surface area contributed by atoms with Crippen LogP contribution in [0.2, 0.25) is 0 Å². The Morgan fingerprint density at radius 2 is 1.79 bits per heavy atom. The van der Waals surface area contributed by atoms with Gasteiger partial charge in [0, 0.05) is 23.6 Å². The molecule has 4 aromatic rings. The SMILES string of the molecule is CCc1nc2c3cc(OC)c(OC)cc3nc(SCc3ccccc3C)n2n1. The summed E-state index contributed by atoms with van der Waals surface area (Å²) in [7, 11) is 3.25. The van der Waals surface area contributed by atoms with E-state index in [1.807, 2.05) is 23.6 Å². The summed E-state index contributed by atoms with van der Waals surface area (Å²) >= 11 is 1.66. The van der Waals surface area contributed by atoms with Crippen LogP contribution in [-0.4, -0.2) is 33.8 Å². The topological polar surface area (TPSA) is 61.5 Å². The first-order valence-corrected chi connectivity index (χ1v) is 10.1. The molecule has 0 fully saturated rings. The highest BCUT2D eigenvalue weighted by Crippen LogP contribution is 2.35. The van der Waals surface area contributed by atoms with Crippen molar-refractivity contribution in [3.8, 4) is 11.5 Å². The molecular weight excluding hydrogens is 372 g/mol. The van der Waals surface area contributed by atoms with E-state index in [4.69, 9.17) is 19.4 Å². The van der Waals surface area contributed by atoms with Crippen molar-refractivity contribution in [1.29, 1.82) is 0 Å². The van der Waals surface area contributed by atoms with Gasteiger partial charge in [0.2, 0.25) is 0 Å². The zero-order valence-corrected chi connectivity index (χ0v) is 17.2. The summed E-state index contributed by atoms with van der Waals surface area (Å²) in [5.41, 5.74) is 4.15. The number of hydrogen-bond donors (Lipinski definition) is 0.